The molecule has 4 heteroatoms. The first-order valence-corrected chi connectivity index (χ1v) is 7.77. The van der Waals surface area contributed by atoms with Gasteiger partial charge in [0.05, 0.1) is 0 Å². The second-order valence-electron chi connectivity index (χ2n) is 5.24. The van der Waals surface area contributed by atoms with Gasteiger partial charge in [0, 0.05) is 24.2 Å². The van der Waals surface area contributed by atoms with E-state index in [1.54, 1.807) is 18.2 Å². The second kappa shape index (κ2) is 8.45. The van der Waals surface area contributed by atoms with Crippen molar-refractivity contribution in [1.29, 1.82) is 0 Å². The maximum Gasteiger partial charge on any atom is 0.254 e. The van der Waals surface area contributed by atoms with Crippen LogP contribution < -0.4 is 5.73 Å². The van der Waals surface area contributed by atoms with Gasteiger partial charge in [-0.3, -0.25) is 9.59 Å². The Labute approximate surface area is 127 Å². The zero-order valence-corrected chi connectivity index (χ0v) is 13.3. The molecule has 1 aromatic carbocycles. The first kappa shape index (κ1) is 17.2. The van der Waals surface area contributed by atoms with E-state index in [4.69, 9.17) is 5.73 Å². The number of primary amides is 1. The summed E-state index contributed by atoms with van der Waals surface area (Å²) >= 11 is 0. The van der Waals surface area contributed by atoms with Gasteiger partial charge in [-0.2, -0.15) is 0 Å². The zero-order valence-electron chi connectivity index (χ0n) is 13.3. The molecule has 0 saturated carbocycles. The number of nitrogens with two attached hydrogens (primary N) is 1. The average molecular weight is 290 g/mol. The van der Waals surface area contributed by atoms with E-state index >= 15 is 0 Å². The quantitative estimate of drug-likeness (QED) is 0.800. The zero-order chi connectivity index (χ0) is 15.8. The number of rotatable bonds is 8. The van der Waals surface area contributed by atoms with Crippen LogP contribution in [-0.4, -0.2) is 29.8 Å². The van der Waals surface area contributed by atoms with Crippen LogP contribution >= 0.6 is 0 Å². The van der Waals surface area contributed by atoms with E-state index in [2.05, 4.69) is 13.8 Å². The summed E-state index contributed by atoms with van der Waals surface area (Å²) in [5.41, 5.74) is 7.32. The van der Waals surface area contributed by atoms with E-state index in [-0.39, 0.29) is 5.91 Å². The molecule has 0 atom stereocenters. The van der Waals surface area contributed by atoms with Gasteiger partial charge in [-0.1, -0.05) is 33.3 Å². The lowest BCUT2D eigenvalue weighted by Gasteiger charge is -2.23. The van der Waals surface area contributed by atoms with Crippen LogP contribution in [-0.2, 0) is 6.42 Å². The van der Waals surface area contributed by atoms with Crippen LogP contribution in [0, 0.1) is 0 Å². The number of amides is 2. The molecule has 1 rings (SSSR count). The molecule has 1 aromatic rings. The Kier molecular flexibility index (Phi) is 6.92. The highest BCUT2D eigenvalue weighted by atomic mass is 16.2. The maximum atomic E-state index is 12.8. The van der Waals surface area contributed by atoms with Crippen LogP contribution in [0.1, 0.15) is 66.3 Å². The van der Waals surface area contributed by atoms with Gasteiger partial charge in [-0.15, -0.1) is 0 Å². The van der Waals surface area contributed by atoms with Crippen LogP contribution in [0.15, 0.2) is 18.2 Å². The number of benzene rings is 1. The Morgan fingerprint density at radius 3 is 2.05 bits per heavy atom. The number of nitrogens with zero attached hydrogens (tertiary/aromatic N) is 1. The molecule has 0 aliphatic rings. The number of carbonyl (C=O) groups excluding carboxylic acids is 2. The van der Waals surface area contributed by atoms with Gasteiger partial charge in [-0.05, 0) is 37.0 Å². The number of hydrogen-bond donors (Lipinski definition) is 1. The molecule has 0 heterocycles. The van der Waals surface area contributed by atoms with Gasteiger partial charge in [0.15, 0.2) is 0 Å². The van der Waals surface area contributed by atoms with Crippen LogP contribution in [0.3, 0.4) is 0 Å². The summed E-state index contributed by atoms with van der Waals surface area (Å²) in [7, 11) is 0. The minimum Gasteiger partial charge on any atom is -0.366 e. The lowest BCUT2D eigenvalue weighted by atomic mass is 9.95. The lowest BCUT2D eigenvalue weighted by Crippen LogP contribution is -2.33. The standard InChI is InChI=1S/C17H26N2O2/c1-4-8-13-14(16(18)20)9-7-10-15(13)17(21)19(11-5-2)12-6-3/h7,9-10H,4-6,8,11-12H2,1-3H3,(H2,18,20). The Morgan fingerprint density at radius 2 is 1.57 bits per heavy atom. The van der Waals surface area contributed by atoms with Gasteiger partial charge in [-0.25, -0.2) is 0 Å². The highest BCUT2D eigenvalue weighted by Gasteiger charge is 2.20. The van der Waals surface area contributed by atoms with Crippen molar-refractivity contribution in [2.45, 2.75) is 46.5 Å². The van der Waals surface area contributed by atoms with Crippen molar-refractivity contribution in [2.24, 2.45) is 5.73 Å². The fourth-order valence-corrected chi connectivity index (χ4v) is 2.56. The first-order valence-electron chi connectivity index (χ1n) is 7.77. The van der Waals surface area contributed by atoms with E-state index < -0.39 is 5.91 Å². The molecule has 0 aliphatic carbocycles. The average Bonchev–Trinajstić information content (AvgIpc) is 2.46. The van der Waals surface area contributed by atoms with E-state index in [1.165, 1.54) is 0 Å². The Balaban J connectivity index is 3.23. The van der Waals surface area contributed by atoms with Crippen LogP contribution in [0.5, 0.6) is 0 Å². The topological polar surface area (TPSA) is 63.4 Å². The molecule has 2 amide bonds. The van der Waals surface area contributed by atoms with E-state index in [9.17, 15) is 9.59 Å². The third-order valence-corrected chi connectivity index (χ3v) is 3.45. The molecule has 21 heavy (non-hydrogen) atoms. The molecule has 0 fully saturated rings. The highest BCUT2D eigenvalue weighted by molar-refractivity contribution is 6.01. The molecule has 0 radical (unpaired) electrons. The number of carbonyl (C=O) groups is 2. The first-order chi connectivity index (χ1) is 10.1. The van der Waals surface area contributed by atoms with Crippen molar-refractivity contribution in [1.82, 2.24) is 4.90 Å². The summed E-state index contributed by atoms with van der Waals surface area (Å²) in [4.78, 5) is 26.2. The van der Waals surface area contributed by atoms with E-state index in [0.717, 1.165) is 37.9 Å². The predicted octanol–water partition coefficient (Wildman–Crippen LogP) is 3.00. The normalized spacial score (nSPS) is 10.4. The Hall–Kier alpha value is -1.84. The SMILES string of the molecule is CCCc1c(C(N)=O)cccc1C(=O)N(CCC)CCC. The van der Waals surface area contributed by atoms with Crippen molar-refractivity contribution in [3.05, 3.63) is 34.9 Å². The third-order valence-electron chi connectivity index (χ3n) is 3.45. The van der Waals surface area contributed by atoms with Crippen molar-refractivity contribution in [3.8, 4) is 0 Å². The fraction of sp³-hybridized carbons (Fsp3) is 0.529. The lowest BCUT2D eigenvalue weighted by molar-refractivity contribution is 0.0754. The molecule has 0 aromatic heterocycles. The minimum absolute atomic E-state index is 0.00486. The molecular weight excluding hydrogens is 264 g/mol. The van der Waals surface area contributed by atoms with Crippen LogP contribution in [0.4, 0.5) is 0 Å². The highest BCUT2D eigenvalue weighted by Crippen LogP contribution is 2.19. The largest absolute Gasteiger partial charge is 0.366 e. The summed E-state index contributed by atoms with van der Waals surface area (Å²) in [6.45, 7) is 7.62. The van der Waals surface area contributed by atoms with Gasteiger partial charge in [0.25, 0.3) is 5.91 Å². The summed E-state index contributed by atoms with van der Waals surface area (Å²) in [5.74, 6) is -0.462. The number of hydrogen-bond acceptors (Lipinski definition) is 2. The summed E-state index contributed by atoms with van der Waals surface area (Å²) in [6, 6.07) is 5.24. The molecule has 116 valence electrons. The van der Waals surface area contributed by atoms with E-state index in [1.807, 2.05) is 11.8 Å². The summed E-state index contributed by atoms with van der Waals surface area (Å²) < 4.78 is 0. The maximum absolute atomic E-state index is 12.8. The molecule has 0 spiro atoms. The minimum atomic E-state index is -0.467. The van der Waals surface area contributed by atoms with Crippen molar-refractivity contribution < 1.29 is 9.59 Å². The molecule has 0 unspecified atom stereocenters. The fourth-order valence-electron chi connectivity index (χ4n) is 2.56. The smallest absolute Gasteiger partial charge is 0.254 e. The van der Waals surface area contributed by atoms with Crippen molar-refractivity contribution in [2.75, 3.05) is 13.1 Å². The van der Waals surface area contributed by atoms with Crippen LogP contribution in [0.25, 0.3) is 0 Å². The molecule has 2 N–H and O–H groups in total. The van der Waals surface area contributed by atoms with Gasteiger partial charge >= 0.3 is 0 Å². The molecule has 0 bridgehead atoms. The van der Waals surface area contributed by atoms with Gasteiger partial charge in [0.1, 0.15) is 0 Å². The van der Waals surface area contributed by atoms with Crippen LogP contribution in [0.2, 0.25) is 0 Å². The molecular formula is C17H26N2O2. The third kappa shape index (κ3) is 4.31. The Bertz CT molecular complexity index is 492. The molecule has 0 aliphatic heterocycles. The van der Waals surface area contributed by atoms with E-state index in [0.29, 0.717) is 17.5 Å². The molecule has 4 nitrogen and oxygen atoms in total. The second-order valence-corrected chi connectivity index (χ2v) is 5.24. The summed E-state index contributed by atoms with van der Waals surface area (Å²) in [5, 5.41) is 0. The van der Waals surface area contributed by atoms with Crippen molar-refractivity contribution in [3.63, 3.8) is 0 Å². The van der Waals surface area contributed by atoms with Gasteiger partial charge < -0.3 is 10.6 Å². The van der Waals surface area contributed by atoms with Gasteiger partial charge in [0.2, 0.25) is 5.91 Å². The monoisotopic (exact) mass is 290 g/mol. The predicted molar refractivity (Wildman–Crippen MR) is 85.4 cm³/mol. The summed E-state index contributed by atoms with van der Waals surface area (Å²) in [6.07, 6.45) is 3.40. The van der Waals surface area contributed by atoms with Crippen molar-refractivity contribution >= 4 is 11.8 Å². The Morgan fingerprint density at radius 1 is 1.00 bits per heavy atom. The molecule has 0 saturated heterocycles.